The van der Waals surface area contributed by atoms with Crippen LogP contribution in [-0.4, -0.2) is 28.7 Å². The molecule has 2 aromatic carbocycles. The Morgan fingerprint density at radius 3 is 2.25 bits per heavy atom. The van der Waals surface area contributed by atoms with Gasteiger partial charge in [0.05, 0.1) is 16.6 Å². The van der Waals surface area contributed by atoms with Gasteiger partial charge in [-0.15, -0.1) is 0 Å². The van der Waals surface area contributed by atoms with Crippen molar-refractivity contribution < 1.29 is 0 Å². The smallest absolute Gasteiger partial charge is 0.179 e. The molecule has 4 heteroatoms. The van der Waals surface area contributed by atoms with E-state index < -0.39 is 0 Å². The number of benzene rings is 2. The number of aromatic nitrogens is 3. The van der Waals surface area contributed by atoms with Crippen molar-refractivity contribution in [3.8, 4) is 0 Å². The zero-order valence-electron chi connectivity index (χ0n) is 11.4. The Morgan fingerprint density at radius 1 is 0.850 bits per heavy atom. The lowest BCUT2D eigenvalue weighted by atomic mass is 10.2. The summed E-state index contributed by atoms with van der Waals surface area (Å²) in [6.45, 7) is 0. The third kappa shape index (κ3) is 1.42. The van der Waals surface area contributed by atoms with Crippen LogP contribution < -0.4 is 5.01 Å². The fourth-order valence-corrected chi connectivity index (χ4v) is 2.70. The largest absolute Gasteiger partial charge is 0.317 e. The van der Waals surface area contributed by atoms with Gasteiger partial charge in [-0.2, -0.15) is 0 Å². The third-order valence-electron chi connectivity index (χ3n) is 3.54. The molecule has 4 nitrogen and oxygen atoms in total. The molecule has 0 amide bonds. The molecule has 0 atom stereocenters. The highest BCUT2D eigenvalue weighted by atomic mass is 15.5. The van der Waals surface area contributed by atoms with Crippen LogP contribution in [0.1, 0.15) is 0 Å². The molecule has 98 valence electrons. The van der Waals surface area contributed by atoms with Crippen LogP contribution >= 0.6 is 0 Å². The van der Waals surface area contributed by atoms with Crippen molar-refractivity contribution in [2.75, 3.05) is 19.1 Å². The number of rotatable bonds is 1. The first-order valence-electron chi connectivity index (χ1n) is 6.59. The highest BCUT2D eigenvalue weighted by Crippen LogP contribution is 2.27. The summed E-state index contributed by atoms with van der Waals surface area (Å²) in [5.74, 6) is 0. The van der Waals surface area contributed by atoms with Gasteiger partial charge < -0.3 is 5.01 Å². The Kier molecular flexibility index (Phi) is 2.21. The second-order valence-corrected chi connectivity index (χ2v) is 5.06. The summed E-state index contributed by atoms with van der Waals surface area (Å²) in [5.41, 5.74) is 4.83. The summed E-state index contributed by atoms with van der Waals surface area (Å²) in [7, 11) is 4.03. The van der Waals surface area contributed by atoms with E-state index in [0.29, 0.717) is 0 Å². The minimum absolute atomic E-state index is 0.898. The fourth-order valence-electron chi connectivity index (χ4n) is 2.70. The van der Waals surface area contributed by atoms with Gasteiger partial charge in [-0.1, -0.05) is 30.3 Å². The number of para-hydroxylation sites is 3. The Morgan fingerprint density at radius 2 is 1.50 bits per heavy atom. The first kappa shape index (κ1) is 11.2. The van der Waals surface area contributed by atoms with Crippen LogP contribution in [-0.2, 0) is 0 Å². The lowest BCUT2D eigenvalue weighted by Crippen LogP contribution is -2.24. The molecule has 0 bridgehead atoms. The maximum atomic E-state index is 4.80. The first-order chi connectivity index (χ1) is 9.75. The molecule has 0 unspecified atom stereocenters. The van der Waals surface area contributed by atoms with Crippen LogP contribution in [0.25, 0.3) is 33.1 Å². The normalized spacial score (nSPS) is 11.5. The molecule has 0 aliphatic rings. The quantitative estimate of drug-likeness (QED) is 0.529. The highest BCUT2D eigenvalue weighted by molar-refractivity contribution is 6.06. The molecule has 2 heterocycles. The average Bonchev–Trinajstić information content (AvgIpc) is 2.78. The molecular formula is C16H14N4. The lowest BCUT2D eigenvalue weighted by molar-refractivity contribution is 0.780. The molecule has 0 spiro atoms. The van der Waals surface area contributed by atoms with Crippen LogP contribution in [0.3, 0.4) is 0 Å². The molecule has 0 aliphatic carbocycles. The Balaban J connectivity index is 2.29. The summed E-state index contributed by atoms with van der Waals surface area (Å²) in [6, 6.07) is 16.3. The van der Waals surface area contributed by atoms with Crippen molar-refractivity contribution in [1.82, 2.24) is 14.6 Å². The lowest BCUT2D eigenvalue weighted by Gasteiger charge is -2.16. The zero-order chi connectivity index (χ0) is 13.7. The monoisotopic (exact) mass is 262 g/mol. The van der Waals surface area contributed by atoms with E-state index in [0.717, 1.165) is 33.1 Å². The molecule has 0 N–H and O–H groups in total. The molecule has 4 aromatic rings. The first-order valence-corrected chi connectivity index (χ1v) is 6.59. The Labute approximate surface area is 116 Å². The molecule has 20 heavy (non-hydrogen) atoms. The van der Waals surface area contributed by atoms with Gasteiger partial charge in [0, 0.05) is 19.5 Å². The average molecular weight is 262 g/mol. The molecule has 4 rings (SSSR count). The van der Waals surface area contributed by atoms with E-state index in [-0.39, 0.29) is 0 Å². The van der Waals surface area contributed by atoms with Crippen LogP contribution in [0, 0.1) is 0 Å². The van der Waals surface area contributed by atoms with E-state index in [2.05, 4.69) is 16.8 Å². The maximum Gasteiger partial charge on any atom is 0.179 e. The van der Waals surface area contributed by atoms with Crippen molar-refractivity contribution >= 4 is 33.1 Å². The van der Waals surface area contributed by atoms with Gasteiger partial charge in [0.25, 0.3) is 0 Å². The van der Waals surface area contributed by atoms with Gasteiger partial charge in [0.2, 0.25) is 0 Å². The van der Waals surface area contributed by atoms with Crippen LogP contribution in [0.5, 0.6) is 0 Å². The van der Waals surface area contributed by atoms with E-state index in [1.54, 1.807) is 0 Å². The number of fused-ring (bicyclic) bond motifs is 4. The second-order valence-electron chi connectivity index (χ2n) is 5.06. The summed E-state index contributed by atoms with van der Waals surface area (Å²) in [4.78, 5) is 9.59. The maximum absolute atomic E-state index is 4.80. The number of hydrogen-bond acceptors (Lipinski definition) is 3. The van der Waals surface area contributed by atoms with Crippen molar-refractivity contribution in [2.45, 2.75) is 0 Å². The molecule has 0 saturated heterocycles. The molecule has 2 aromatic heterocycles. The van der Waals surface area contributed by atoms with E-state index in [1.807, 2.05) is 55.5 Å². The highest BCUT2D eigenvalue weighted by Gasteiger charge is 2.14. The van der Waals surface area contributed by atoms with Crippen LogP contribution in [0.4, 0.5) is 0 Å². The molecule has 0 aliphatic heterocycles. The Hall–Kier alpha value is -2.62. The van der Waals surface area contributed by atoms with Gasteiger partial charge in [0.1, 0.15) is 5.52 Å². The Bertz CT molecular complexity index is 937. The van der Waals surface area contributed by atoms with E-state index >= 15 is 0 Å². The van der Waals surface area contributed by atoms with Crippen molar-refractivity contribution in [3.05, 3.63) is 48.5 Å². The van der Waals surface area contributed by atoms with Gasteiger partial charge in [0.15, 0.2) is 5.65 Å². The van der Waals surface area contributed by atoms with Gasteiger partial charge >= 0.3 is 0 Å². The van der Waals surface area contributed by atoms with E-state index in [1.165, 1.54) is 0 Å². The van der Waals surface area contributed by atoms with E-state index in [4.69, 9.17) is 9.97 Å². The fraction of sp³-hybridized carbons (Fsp3) is 0.125. The molecule has 0 saturated carbocycles. The topological polar surface area (TPSA) is 34.0 Å². The molecule has 0 radical (unpaired) electrons. The summed E-state index contributed by atoms with van der Waals surface area (Å²) < 4.78 is 2.10. The summed E-state index contributed by atoms with van der Waals surface area (Å²) in [6.07, 6.45) is 0. The number of nitrogens with zero attached hydrogens (tertiary/aromatic N) is 4. The summed E-state index contributed by atoms with van der Waals surface area (Å²) >= 11 is 0. The van der Waals surface area contributed by atoms with E-state index in [9.17, 15) is 0 Å². The minimum atomic E-state index is 0.898. The van der Waals surface area contributed by atoms with Crippen LogP contribution in [0.15, 0.2) is 48.5 Å². The van der Waals surface area contributed by atoms with Crippen molar-refractivity contribution in [3.63, 3.8) is 0 Å². The minimum Gasteiger partial charge on any atom is -0.317 e. The van der Waals surface area contributed by atoms with Crippen molar-refractivity contribution in [1.29, 1.82) is 0 Å². The predicted molar refractivity (Wildman–Crippen MR) is 82.6 cm³/mol. The van der Waals surface area contributed by atoms with Gasteiger partial charge in [-0.3, -0.25) is 0 Å². The third-order valence-corrected chi connectivity index (χ3v) is 3.54. The number of hydrogen-bond donors (Lipinski definition) is 0. The van der Waals surface area contributed by atoms with Gasteiger partial charge in [-0.25, -0.2) is 14.6 Å². The molecular weight excluding hydrogens is 248 g/mol. The standard InChI is InChI=1S/C16H14N4/c1-19(2)20-14-10-6-3-7-11(14)15-16(20)18-13-9-5-4-8-12(13)17-15/h3-10H,1-2H3. The second kappa shape index (κ2) is 3.93. The van der Waals surface area contributed by atoms with Crippen LogP contribution in [0.2, 0.25) is 0 Å². The van der Waals surface area contributed by atoms with Crippen molar-refractivity contribution in [2.24, 2.45) is 0 Å². The zero-order valence-corrected chi connectivity index (χ0v) is 11.4. The predicted octanol–water partition coefficient (Wildman–Crippen LogP) is 2.94. The molecule has 0 fully saturated rings. The SMILES string of the molecule is CN(C)n1c2ccccc2c2nc3ccccc3nc21. The summed E-state index contributed by atoms with van der Waals surface area (Å²) in [5, 5.41) is 3.17. The van der Waals surface area contributed by atoms with Gasteiger partial charge in [-0.05, 0) is 18.2 Å².